The van der Waals surface area contributed by atoms with Crippen LogP contribution in [0.5, 0.6) is 5.75 Å². The van der Waals surface area contributed by atoms with Crippen molar-refractivity contribution >= 4 is 15.9 Å². The largest absolute Gasteiger partial charge is 0.507 e. The van der Waals surface area contributed by atoms with Crippen molar-refractivity contribution in [3.05, 3.63) is 87.9 Å². The Morgan fingerprint density at radius 3 is 1.62 bits per heavy atom. The highest BCUT2D eigenvalue weighted by molar-refractivity contribution is 9.10. The summed E-state index contributed by atoms with van der Waals surface area (Å²) in [5.74, 6) is 0.315. The van der Waals surface area contributed by atoms with Crippen LogP contribution in [0.2, 0.25) is 0 Å². The number of hydrogen-bond donors (Lipinski definition) is 1. The predicted octanol–water partition coefficient (Wildman–Crippen LogP) is 4.24. The fraction of sp³-hybridized carbons (Fsp3) is 0.385. The van der Waals surface area contributed by atoms with Gasteiger partial charge < -0.3 is 14.6 Å². The molecule has 2 aromatic heterocycles. The minimum Gasteiger partial charge on any atom is -0.507 e. The number of rotatable bonds is 14. The SMILES string of the molecule is COCCN(Cc1ccccn1)Cc1cc(Br)cc(CN(CCOC)Cc2ccccn2)c1O. The van der Waals surface area contributed by atoms with Gasteiger partial charge in [-0.25, -0.2) is 0 Å². The molecule has 8 heteroatoms. The van der Waals surface area contributed by atoms with Crippen molar-refractivity contribution in [2.45, 2.75) is 26.2 Å². The van der Waals surface area contributed by atoms with Gasteiger partial charge in [0.1, 0.15) is 5.75 Å². The van der Waals surface area contributed by atoms with Crippen LogP contribution in [0.25, 0.3) is 0 Å². The Hall–Kier alpha value is -2.36. The molecule has 1 N–H and O–H groups in total. The molecule has 0 unspecified atom stereocenters. The molecule has 0 saturated heterocycles. The number of hydrogen-bond acceptors (Lipinski definition) is 7. The highest BCUT2D eigenvalue weighted by atomic mass is 79.9. The van der Waals surface area contributed by atoms with Crippen LogP contribution in [0.15, 0.2) is 65.4 Å². The zero-order valence-corrected chi connectivity index (χ0v) is 21.4. The van der Waals surface area contributed by atoms with Gasteiger partial charge in [0.15, 0.2) is 0 Å². The molecule has 0 aliphatic heterocycles. The molecule has 0 saturated carbocycles. The molecule has 182 valence electrons. The fourth-order valence-corrected chi connectivity index (χ4v) is 4.30. The second-order valence-corrected chi connectivity index (χ2v) is 9.04. The molecule has 0 aliphatic rings. The van der Waals surface area contributed by atoms with Gasteiger partial charge in [0, 0.05) is 81.5 Å². The van der Waals surface area contributed by atoms with Gasteiger partial charge in [0.2, 0.25) is 0 Å². The number of pyridine rings is 2. The highest BCUT2D eigenvalue weighted by Gasteiger charge is 2.17. The Labute approximate surface area is 210 Å². The topological polar surface area (TPSA) is 71.0 Å². The van der Waals surface area contributed by atoms with Gasteiger partial charge in [-0.2, -0.15) is 0 Å². The Kier molecular flexibility index (Phi) is 10.9. The van der Waals surface area contributed by atoms with E-state index in [1.54, 1.807) is 26.6 Å². The molecule has 2 heterocycles. The lowest BCUT2D eigenvalue weighted by Crippen LogP contribution is -2.28. The van der Waals surface area contributed by atoms with Gasteiger partial charge in [-0.15, -0.1) is 0 Å². The Balaban J connectivity index is 1.79. The monoisotopic (exact) mass is 528 g/mol. The first-order chi connectivity index (χ1) is 16.6. The predicted molar refractivity (Wildman–Crippen MR) is 136 cm³/mol. The van der Waals surface area contributed by atoms with Crippen molar-refractivity contribution in [1.82, 2.24) is 19.8 Å². The number of halogens is 1. The summed E-state index contributed by atoms with van der Waals surface area (Å²) in [4.78, 5) is 13.4. The number of methoxy groups -OCH3 is 2. The summed E-state index contributed by atoms with van der Waals surface area (Å²) in [5, 5.41) is 11.2. The first kappa shape index (κ1) is 26.2. The molecule has 0 atom stereocenters. The molecule has 0 radical (unpaired) electrons. The normalized spacial score (nSPS) is 11.4. The average Bonchev–Trinajstić information content (AvgIpc) is 2.85. The lowest BCUT2D eigenvalue weighted by molar-refractivity contribution is 0.137. The molecule has 0 fully saturated rings. The van der Waals surface area contributed by atoms with Gasteiger partial charge in [-0.1, -0.05) is 28.1 Å². The van der Waals surface area contributed by atoms with E-state index in [1.807, 2.05) is 48.5 Å². The van der Waals surface area contributed by atoms with Gasteiger partial charge >= 0.3 is 0 Å². The Bertz CT molecular complexity index is 915. The van der Waals surface area contributed by atoms with E-state index in [2.05, 4.69) is 35.7 Å². The van der Waals surface area contributed by atoms with Gasteiger partial charge in [-0.3, -0.25) is 19.8 Å². The van der Waals surface area contributed by atoms with Gasteiger partial charge in [0.25, 0.3) is 0 Å². The van der Waals surface area contributed by atoms with Crippen molar-refractivity contribution in [2.75, 3.05) is 40.5 Å². The fourth-order valence-electron chi connectivity index (χ4n) is 3.75. The van der Waals surface area contributed by atoms with Crippen molar-refractivity contribution in [2.24, 2.45) is 0 Å². The van der Waals surface area contributed by atoms with Crippen LogP contribution >= 0.6 is 15.9 Å². The first-order valence-corrected chi connectivity index (χ1v) is 12.1. The van der Waals surface area contributed by atoms with E-state index < -0.39 is 0 Å². The maximum Gasteiger partial charge on any atom is 0.124 e. The van der Waals surface area contributed by atoms with Gasteiger partial charge in [-0.05, 0) is 36.4 Å². The smallest absolute Gasteiger partial charge is 0.124 e. The number of phenols is 1. The summed E-state index contributed by atoms with van der Waals surface area (Å²) >= 11 is 3.64. The maximum absolute atomic E-state index is 11.2. The summed E-state index contributed by atoms with van der Waals surface area (Å²) in [6.07, 6.45) is 3.60. The lowest BCUT2D eigenvalue weighted by Gasteiger charge is -2.25. The van der Waals surface area contributed by atoms with E-state index in [0.717, 1.165) is 40.1 Å². The summed E-state index contributed by atoms with van der Waals surface area (Å²) in [7, 11) is 3.40. The van der Waals surface area contributed by atoms with Crippen molar-refractivity contribution < 1.29 is 14.6 Å². The van der Waals surface area contributed by atoms with Crippen molar-refractivity contribution in [3.63, 3.8) is 0 Å². The highest BCUT2D eigenvalue weighted by Crippen LogP contribution is 2.30. The van der Waals surface area contributed by atoms with E-state index in [1.165, 1.54) is 0 Å². The van der Waals surface area contributed by atoms with E-state index >= 15 is 0 Å². The minimum absolute atomic E-state index is 0.315. The van der Waals surface area contributed by atoms with E-state index in [4.69, 9.17) is 9.47 Å². The molecule has 1 aromatic carbocycles. The number of ether oxygens (including phenoxy) is 2. The van der Waals surface area contributed by atoms with Crippen LogP contribution in [-0.4, -0.2) is 65.4 Å². The number of phenolic OH excluding ortho intramolecular Hbond substituents is 1. The van der Waals surface area contributed by atoms with Crippen LogP contribution < -0.4 is 0 Å². The standard InChI is InChI=1S/C26H33BrN4O3/c1-33-13-11-30(19-24-7-3-5-9-28-24)17-21-15-23(27)16-22(26(21)32)18-31(12-14-34-2)20-25-8-4-6-10-29-25/h3-10,15-16,32H,11-14,17-20H2,1-2H3. The molecule has 34 heavy (non-hydrogen) atoms. The summed E-state index contributed by atoms with van der Waals surface area (Å²) < 4.78 is 11.6. The molecule has 0 aliphatic carbocycles. The average molecular weight is 529 g/mol. The molecule has 3 aromatic rings. The zero-order valence-electron chi connectivity index (χ0n) is 19.9. The number of nitrogens with zero attached hydrogens (tertiary/aromatic N) is 4. The van der Waals surface area contributed by atoms with Crippen LogP contribution in [0.1, 0.15) is 22.5 Å². The molecule has 3 rings (SSSR count). The number of aromatic hydroxyl groups is 1. The van der Waals surface area contributed by atoms with E-state index in [-0.39, 0.29) is 0 Å². The second-order valence-electron chi connectivity index (χ2n) is 8.12. The molecule has 0 amide bonds. The summed E-state index contributed by atoms with van der Waals surface area (Å²) in [5.41, 5.74) is 3.69. The third-order valence-electron chi connectivity index (χ3n) is 5.47. The van der Waals surface area contributed by atoms with Crippen LogP contribution in [-0.2, 0) is 35.7 Å². The Morgan fingerprint density at radius 2 is 1.24 bits per heavy atom. The van der Waals surface area contributed by atoms with E-state index in [0.29, 0.717) is 45.1 Å². The molecule has 0 bridgehead atoms. The third-order valence-corrected chi connectivity index (χ3v) is 5.93. The van der Waals surface area contributed by atoms with Gasteiger partial charge in [0.05, 0.1) is 24.6 Å². The summed E-state index contributed by atoms with van der Waals surface area (Å²) in [6, 6.07) is 15.8. The van der Waals surface area contributed by atoms with Crippen LogP contribution in [0.3, 0.4) is 0 Å². The summed E-state index contributed by atoms with van der Waals surface area (Å²) in [6.45, 7) is 5.16. The van der Waals surface area contributed by atoms with Crippen LogP contribution in [0.4, 0.5) is 0 Å². The van der Waals surface area contributed by atoms with E-state index in [9.17, 15) is 5.11 Å². The third kappa shape index (κ3) is 8.45. The molecular weight excluding hydrogens is 496 g/mol. The molecule has 7 nitrogen and oxygen atoms in total. The lowest BCUT2D eigenvalue weighted by atomic mass is 10.1. The number of aromatic nitrogens is 2. The van der Waals surface area contributed by atoms with Crippen molar-refractivity contribution in [1.29, 1.82) is 0 Å². The maximum atomic E-state index is 11.2. The van der Waals surface area contributed by atoms with Crippen LogP contribution in [0, 0.1) is 0 Å². The van der Waals surface area contributed by atoms with Crippen molar-refractivity contribution in [3.8, 4) is 5.75 Å². The quantitative estimate of drug-likeness (QED) is 0.335. The first-order valence-electron chi connectivity index (χ1n) is 11.3. The Morgan fingerprint density at radius 1 is 0.765 bits per heavy atom. The second kappa shape index (κ2) is 14.1. The molecular formula is C26H33BrN4O3. The number of benzene rings is 1. The molecule has 0 spiro atoms. The minimum atomic E-state index is 0.315. The zero-order chi connectivity index (χ0) is 24.2.